The quantitative estimate of drug-likeness (QED) is 0.350. The van der Waals surface area contributed by atoms with Crippen molar-refractivity contribution in [2.75, 3.05) is 12.0 Å². The number of halogens is 2. The van der Waals surface area contributed by atoms with Gasteiger partial charge in [-0.15, -0.1) is 0 Å². The summed E-state index contributed by atoms with van der Waals surface area (Å²) in [4.78, 5) is 27.4. The first-order chi connectivity index (χ1) is 14.9. The van der Waals surface area contributed by atoms with Crippen LogP contribution in [0, 0.1) is 5.82 Å². The van der Waals surface area contributed by atoms with Crippen LogP contribution in [-0.2, 0) is 9.59 Å². The SMILES string of the molecule is COc1ccccc1/C(O)=C1\C(=O)C(=O)N(c2cccc(Cl)c2)C1c1ccc(F)cc1. The third-order valence-corrected chi connectivity index (χ3v) is 5.31. The Labute approximate surface area is 182 Å². The summed E-state index contributed by atoms with van der Waals surface area (Å²) in [6.45, 7) is 0. The molecule has 7 heteroatoms. The van der Waals surface area contributed by atoms with E-state index in [1.165, 1.54) is 36.3 Å². The number of carbonyl (C=O) groups is 2. The smallest absolute Gasteiger partial charge is 0.300 e. The molecule has 4 rings (SSSR count). The molecule has 0 aromatic heterocycles. The fourth-order valence-electron chi connectivity index (χ4n) is 3.67. The van der Waals surface area contributed by atoms with Crippen LogP contribution in [0.2, 0.25) is 5.02 Å². The van der Waals surface area contributed by atoms with Crippen molar-refractivity contribution in [2.24, 2.45) is 0 Å². The zero-order chi connectivity index (χ0) is 22.1. The number of benzene rings is 3. The first kappa shape index (κ1) is 20.6. The second-order valence-electron chi connectivity index (χ2n) is 6.90. The highest BCUT2D eigenvalue weighted by Crippen LogP contribution is 2.43. The fourth-order valence-corrected chi connectivity index (χ4v) is 3.86. The Balaban J connectivity index is 1.98. The van der Waals surface area contributed by atoms with E-state index >= 15 is 0 Å². The average molecular weight is 438 g/mol. The number of nitrogens with zero attached hydrogens (tertiary/aromatic N) is 1. The Morgan fingerprint density at radius 3 is 2.42 bits per heavy atom. The summed E-state index contributed by atoms with van der Waals surface area (Å²) >= 11 is 6.11. The lowest BCUT2D eigenvalue weighted by Crippen LogP contribution is -2.29. The van der Waals surface area contributed by atoms with Gasteiger partial charge in [-0.05, 0) is 48.0 Å². The van der Waals surface area contributed by atoms with E-state index in [0.29, 0.717) is 22.0 Å². The summed E-state index contributed by atoms with van der Waals surface area (Å²) in [6, 6.07) is 17.5. The van der Waals surface area contributed by atoms with E-state index in [2.05, 4.69) is 0 Å². The van der Waals surface area contributed by atoms with Gasteiger partial charge in [0, 0.05) is 10.7 Å². The van der Waals surface area contributed by atoms with Crippen LogP contribution in [0.15, 0.2) is 78.4 Å². The molecule has 3 aromatic carbocycles. The second kappa shape index (κ2) is 8.24. The van der Waals surface area contributed by atoms with Gasteiger partial charge < -0.3 is 9.84 Å². The standard InChI is InChI=1S/C24H17ClFNO4/c1-31-19-8-3-2-7-18(19)22(28)20-21(14-9-11-16(26)12-10-14)27(24(30)23(20)29)17-6-4-5-15(25)13-17/h2-13,21,28H,1H3/b22-20+. The third-order valence-electron chi connectivity index (χ3n) is 5.08. The van der Waals surface area contributed by atoms with E-state index < -0.39 is 23.5 Å². The summed E-state index contributed by atoms with van der Waals surface area (Å²) in [6.07, 6.45) is 0. The van der Waals surface area contributed by atoms with Gasteiger partial charge in [0.05, 0.1) is 24.3 Å². The zero-order valence-corrected chi connectivity index (χ0v) is 17.1. The number of ether oxygens (including phenoxy) is 1. The van der Waals surface area contributed by atoms with Gasteiger partial charge in [0.2, 0.25) is 0 Å². The number of carbonyl (C=O) groups excluding carboxylic acids is 2. The number of aliphatic hydroxyl groups excluding tert-OH is 1. The molecule has 0 spiro atoms. The summed E-state index contributed by atoms with van der Waals surface area (Å²) in [5.41, 5.74) is 0.974. The topological polar surface area (TPSA) is 66.8 Å². The first-order valence-corrected chi connectivity index (χ1v) is 9.75. The molecule has 0 aliphatic carbocycles. The molecule has 31 heavy (non-hydrogen) atoms. The van der Waals surface area contributed by atoms with Crippen LogP contribution in [0.25, 0.3) is 5.76 Å². The van der Waals surface area contributed by atoms with Crippen molar-refractivity contribution in [1.29, 1.82) is 0 Å². The molecule has 1 atom stereocenters. The number of hydrogen-bond acceptors (Lipinski definition) is 4. The molecule has 1 saturated heterocycles. The van der Waals surface area contributed by atoms with Crippen molar-refractivity contribution in [3.05, 3.63) is 100 Å². The summed E-state index contributed by atoms with van der Waals surface area (Å²) in [5.74, 6) is -2.19. The highest BCUT2D eigenvalue weighted by Gasteiger charge is 2.47. The maximum absolute atomic E-state index is 13.6. The lowest BCUT2D eigenvalue weighted by molar-refractivity contribution is -0.132. The normalized spacial score (nSPS) is 17.8. The first-order valence-electron chi connectivity index (χ1n) is 9.38. The molecule has 1 aliphatic heterocycles. The van der Waals surface area contributed by atoms with Gasteiger partial charge in [0.1, 0.15) is 17.3 Å². The van der Waals surface area contributed by atoms with Crippen molar-refractivity contribution in [3.8, 4) is 5.75 Å². The highest BCUT2D eigenvalue weighted by atomic mass is 35.5. The number of anilines is 1. The van der Waals surface area contributed by atoms with E-state index in [4.69, 9.17) is 16.3 Å². The Kier molecular flexibility index (Phi) is 5.48. The number of methoxy groups -OCH3 is 1. The van der Waals surface area contributed by atoms with E-state index in [1.54, 1.807) is 48.5 Å². The van der Waals surface area contributed by atoms with Crippen LogP contribution in [-0.4, -0.2) is 23.9 Å². The third kappa shape index (κ3) is 3.66. The molecule has 1 N–H and O–H groups in total. The van der Waals surface area contributed by atoms with Gasteiger partial charge in [-0.2, -0.15) is 0 Å². The molecule has 1 aliphatic rings. The Bertz CT molecular complexity index is 1210. The molecule has 5 nitrogen and oxygen atoms in total. The molecule has 1 fully saturated rings. The van der Waals surface area contributed by atoms with E-state index in [9.17, 15) is 19.1 Å². The van der Waals surface area contributed by atoms with Gasteiger partial charge in [-0.3, -0.25) is 14.5 Å². The molecule has 1 unspecified atom stereocenters. The number of hydrogen-bond donors (Lipinski definition) is 1. The molecule has 1 amide bonds. The maximum atomic E-state index is 13.6. The monoisotopic (exact) mass is 437 g/mol. The van der Waals surface area contributed by atoms with Crippen LogP contribution < -0.4 is 9.64 Å². The highest BCUT2D eigenvalue weighted by molar-refractivity contribution is 6.51. The van der Waals surface area contributed by atoms with Crippen molar-refractivity contribution in [1.82, 2.24) is 0 Å². The number of rotatable bonds is 4. The Morgan fingerprint density at radius 1 is 1.03 bits per heavy atom. The minimum atomic E-state index is -0.982. The maximum Gasteiger partial charge on any atom is 0.300 e. The molecule has 0 saturated carbocycles. The molecular weight excluding hydrogens is 421 g/mol. The number of Topliss-reactive ketones (excluding diaryl/α,β-unsaturated/α-hetero) is 1. The van der Waals surface area contributed by atoms with Gasteiger partial charge >= 0.3 is 0 Å². The van der Waals surface area contributed by atoms with Crippen molar-refractivity contribution in [3.63, 3.8) is 0 Å². The van der Waals surface area contributed by atoms with E-state index in [1.807, 2.05) is 0 Å². The minimum absolute atomic E-state index is 0.124. The van der Waals surface area contributed by atoms with Gasteiger partial charge in [0.15, 0.2) is 0 Å². The predicted molar refractivity (Wildman–Crippen MR) is 116 cm³/mol. The lowest BCUT2D eigenvalue weighted by Gasteiger charge is -2.25. The lowest BCUT2D eigenvalue weighted by atomic mass is 9.95. The number of para-hydroxylation sites is 1. The van der Waals surface area contributed by atoms with Crippen LogP contribution in [0.1, 0.15) is 17.2 Å². The Morgan fingerprint density at radius 2 is 1.74 bits per heavy atom. The number of amides is 1. The van der Waals surface area contributed by atoms with Crippen LogP contribution in [0.5, 0.6) is 5.75 Å². The number of aliphatic hydroxyl groups is 1. The second-order valence-corrected chi connectivity index (χ2v) is 7.34. The Hall–Kier alpha value is -3.64. The molecule has 0 bridgehead atoms. The van der Waals surface area contributed by atoms with Gasteiger partial charge in [-0.1, -0.05) is 41.9 Å². The van der Waals surface area contributed by atoms with Gasteiger partial charge in [0.25, 0.3) is 11.7 Å². The summed E-state index contributed by atoms with van der Waals surface area (Å²) in [5, 5.41) is 11.5. The van der Waals surface area contributed by atoms with Crippen LogP contribution in [0.4, 0.5) is 10.1 Å². The van der Waals surface area contributed by atoms with Crippen molar-refractivity contribution in [2.45, 2.75) is 6.04 Å². The largest absolute Gasteiger partial charge is 0.507 e. The minimum Gasteiger partial charge on any atom is -0.507 e. The summed E-state index contributed by atoms with van der Waals surface area (Å²) in [7, 11) is 1.44. The van der Waals surface area contributed by atoms with Crippen molar-refractivity contribution < 1.29 is 23.8 Å². The molecule has 0 radical (unpaired) electrons. The van der Waals surface area contributed by atoms with Crippen LogP contribution in [0.3, 0.4) is 0 Å². The average Bonchev–Trinajstić information content (AvgIpc) is 3.04. The van der Waals surface area contributed by atoms with E-state index in [-0.39, 0.29) is 16.9 Å². The molecular formula is C24H17ClFNO4. The van der Waals surface area contributed by atoms with E-state index in [0.717, 1.165) is 0 Å². The number of ketones is 1. The van der Waals surface area contributed by atoms with Crippen molar-refractivity contribution >= 4 is 34.7 Å². The fraction of sp³-hybridized carbons (Fsp3) is 0.0833. The molecule has 3 aromatic rings. The zero-order valence-electron chi connectivity index (χ0n) is 16.4. The molecule has 156 valence electrons. The van der Waals surface area contributed by atoms with Gasteiger partial charge in [-0.25, -0.2) is 4.39 Å². The van der Waals surface area contributed by atoms with Crippen LogP contribution >= 0.6 is 11.6 Å². The molecule has 1 heterocycles. The summed E-state index contributed by atoms with van der Waals surface area (Å²) < 4.78 is 18.9. The predicted octanol–water partition coefficient (Wildman–Crippen LogP) is 5.11.